The number of ether oxygens (including phenoxy) is 1. The van der Waals surface area contributed by atoms with Gasteiger partial charge in [-0.3, -0.25) is 4.79 Å². The van der Waals surface area contributed by atoms with Crippen LogP contribution >= 0.6 is 11.3 Å². The summed E-state index contributed by atoms with van der Waals surface area (Å²) < 4.78 is 7.25. The second kappa shape index (κ2) is 7.04. The Balaban J connectivity index is 1.40. The van der Waals surface area contributed by atoms with Crippen LogP contribution in [0.25, 0.3) is 5.65 Å². The fraction of sp³-hybridized carbons (Fsp3) is 0.500. The number of carbonyl (C=O) groups is 1. The zero-order valence-electron chi connectivity index (χ0n) is 14.6. The lowest BCUT2D eigenvalue weighted by atomic mass is 10.0. The minimum atomic E-state index is -0.0971. The smallest absolute Gasteiger partial charge is 0.226 e. The van der Waals surface area contributed by atoms with Gasteiger partial charge in [0.05, 0.1) is 5.69 Å². The fourth-order valence-corrected chi connectivity index (χ4v) is 4.00. The fourth-order valence-electron chi connectivity index (χ4n) is 3.15. The number of hydrogen-bond acceptors (Lipinski definition) is 8. The van der Waals surface area contributed by atoms with Gasteiger partial charge in [-0.15, -0.1) is 20.4 Å². The predicted octanol–water partition coefficient (Wildman–Crippen LogP) is 2.02. The summed E-state index contributed by atoms with van der Waals surface area (Å²) in [5, 5.41) is 24.7. The van der Waals surface area contributed by atoms with Gasteiger partial charge in [-0.25, -0.2) is 4.52 Å². The van der Waals surface area contributed by atoms with Crippen molar-refractivity contribution in [1.29, 1.82) is 0 Å². The first-order valence-corrected chi connectivity index (χ1v) is 9.34. The molecule has 0 unspecified atom stereocenters. The summed E-state index contributed by atoms with van der Waals surface area (Å²) in [5.41, 5.74) is 3.62. The van der Waals surface area contributed by atoms with Crippen molar-refractivity contribution in [2.45, 2.75) is 45.6 Å². The van der Waals surface area contributed by atoms with Gasteiger partial charge in [0, 0.05) is 18.6 Å². The van der Waals surface area contributed by atoms with Crippen molar-refractivity contribution in [3.63, 3.8) is 0 Å². The van der Waals surface area contributed by atoms with Crippen molar-refractivity contribution in [3.8, 4) is 0 Å². The number of fused-ring (bicyclic) bond motifs is 1. The first-order chi connectivity index (χ1) is 12.6. The van der Waals surface area contributed by atoms with Crippen LogP contribution in [-0.4, -0.2) is 42.5 Å². The number of carbonyl (C=O) groups excluding carboxylic acids is 1. The summed E-state index contributed by atoms with van der Waals surface area (Å²) in [6.45, 7) is 4.66. The molecule has 1 N–H and O–H groups in total. The third-order valence-corrected chi connectivity index (χ3v) is 5.44. The molecule has 0 saturated carbocycles. The minimum absolute atomic E-state index is 0.0180. The summed E-state index contributed by atoms with van der Waals surface area (Å²) in [6.07, 6.45) is 4.51. The van der Waals surface area contributed by atoms with Crippen LogP contribution in [0.2, 0.25) is 0 Å². The third kappa shape index (κ3) is 3.29. The number of rotatable bonds is 5. The van der Waals surface area contributed by atoms with Crippen LogP contribution in [-0.2, 0) is 16.0 Å². The van der Waals surface area contributed by atoms with Crippen molar-refractivity contribution in [2.75, 3.05) is 11.9 Å². The molecule has 1 aliphatic rings. The van der Waals surface area contributed by atoms with E-state index in [0.29, 0.717) is 18.0 Å². The van der Waals surface area contributed by atoms with Crippen LogP contribution in [0.15, 0.2) is 6.33 Å². The van der Waals surface area contributed by atoms with E-state index in [9.17, 15) is 4.79 Å². The van der Waals surface area contributed by atoms with Gasteiger partial charge in [0.15, 0.2) is 5.65 Å². The van der Waals surface area contributed by atoms with Gasteiger partial charge in [0.1, 0.15) is 17.4 Å². The van der Waals surface area contributed by atoms with Crippen molar-refractivity contribution < 1.29 is 9.53 Å². The molecular weight excluding hydrogens is 354 g/mol. The molecule has 1 saturated heterocycles. The molecule has 0 spiro atoms. The largest absolute Gasteiger partial charge is 0.371 e. The van der Waals surface area contributed by atoms with Gasteiger partial charge < -0.3 is 10.1 Å². The highest BCUT2D eigenvalue weighted by atomic mass is 32.1. The van der Waals surface area contributed by atoms with E-state index in [-0.39, 0.29) is 12.0 Å². The van der Waals surface area contributed by atoms with E-state index in [1.54, 1.807) is 10.8 Å². The molecule has 4 heterocycles. The lowest BCUT2D eigenvalue weighted by Crippen LogP contribution is -2.13. The van der Waals surface area contributed by atoms with Crippen molar-refractivity contribution in [3.05, 3.63) is 28.2 Å². The molecule has 1 aliphatic heterocycles. The molecule has 1 atom stereocenters. The molecule has 26 heavy (non-hydrogen) atoms. The molecule has 3 aromatic heterocycles. The summed E-state index contributed by atoms with van der Waals surface area (Å²) in [5.74, 6) is -0.0971. The Morgan fingerprint density at radius 3 is 3.08 bits per heavy atom. The monoisotopic (exact) mass is 373 g/mol. The molecule has 0 aromatic carbocycles. The van der Waals surface area contributed by atoms with Gasteiger partial charge in [0.25, 0.3) is 0 Å². The normalized spacial score (nSPS) is 17.1. The number of hydrogen-bond donors (Lipinski definition) is 1. The number of amides is 1. The van der Waals surface area contributed by atoms with Crippen molar-refractivity contribution in [1.82, 2.24) is 30.0 Å². The van der Waals surface area contributed by atoms with Crippen LogP contribution in [0.5, 0.6) is 0 Å². The zero-order chi connectivity index (χ0) is 18.1. The average Bonchev–Trinajstić information content (AvgIpc) is 3.35. The highest BCUT2D eigenvalue weighted by molar-refractivity contribution is 7.15. The molecule has 10 heteroatoms. The van der Waals surface area contributed by atoms with Crippen molar-refractivity contribution in [2.24, 2.45) is 0 Å². The highest BCUT2D eigenvalue weighted by Gasteiger charge is 2.22. The number of nitrogens with zero attached hydrogens (tertiary/aromatic N) is 6. The standard InChI is InChI=1S/C16H19N7O2S/c1-9-11(10(2)22-23-8-17-19-14(9)23)5-6-13(24)18-16-21-20-15(26-16)12-4-3-7-25-12/h8,12H,3-7H2,1-2H3,(H,18,21,24)/t12-/m0/s1. The maximum Gasteiger partial charge on any atom is 0.226 e. The molecular formula is C16H19N7O2S. The van der Waals surface area contributed by atoms with Crippen LogP contribution < -0.4 is 5.32 Å². The van der Waals surface area contributed by atoms with Crippen LogP contribution in [0.1, 0.15) is 47.2 Å². The Morgan fingerprint density at radius 1 is 1.38 bits per heavy atom. The zero-order valence-corrected chi connectivity index (χ0v) is 15.4. The van der Waals surface area contributed by atoms with Crippen LogP contribution in [0, 0.1) is 13.8 Å². The number of anilines is 1. The lowest BCUT2D eigenvalue weighted by molar-refractivity contribution is -0.116. The van der Waals surface area contributed by atoms with Gasteiger partial charge in [-0.2, -0.15) is 5.10 Å². The molecule has 1 fully saturated rings. The van der Waals surface area contributed by atoms with Gasteiger partial charge in [-0.1, -0.05) is 11.3 Å². The SMILES string of the molecule is Cc1nn2cnnc2c(C)c1CCC(=O)Nc1nnc([C@@H]2CCCO2)s1. The van der Waals surface area contributed by atoms with E-state index in [4.69, 9.17) is 4.74 Å². The van der Waals surface area contributed by atoms with E-state index in [1.165, 1.54) is 11.3 Å². The number of nitrogens with one attached hydrogen (secondary N) is 1. The second-order valence-corrected chi connectivity index (χ2v) is 7.29. The Labute approximate surface area is 153 Å². The highest BCUT2D eigenvalue weighted by Crippen LogP contribution is 2.31. The van der Waals surface area contributed by atoms with E-state index < -0.39 is 0 Å². The number of aryl methyl sites for hydroxylation is 2. The number of aromatic nitrogens is 6. The summed E-state index contributed by atoms with van der Waals surface area (Å²) >= 11 is 1.38. The molecule has 9 nitrogen and oxygen atoms in total. The average molecular weight is 373 g/mol. The molecule has 4 rings (SSSR count). The molecule has 0 bridgehead atoms. The second-order valence-electron chi connectivity index (χ2n) is 6.28. The van der Waals surface area contributed by atoms with Crippen LogP contribution in [0.4, 0.5) is 5.13 Å². The molecule has 136 valence electrons. The first kappa shape index (κ1) is 17.0. The quantitative estimate of drug-likeness (QED) is 0.729. The van der Waals surface area contributed by atoms with Gasteiger partial charge in [-0.05, 0) is 38.7 Å². The van der Waals surface area contributed by atoms with Gasteiger partial charge >= 0.3 is 0 Å². The van der Waals surface area contributed by atoms with E-state index in [0.717, 1.165) is 46.9 Å². The predicted molar refractivity (Wildman–Crippen MR) is 95.0 cm³/mol. The molecule has 0 aliphatic carbocycles. The van der Waals surface area contributed by atoms with Crippen molar-refractivity contribution >= 4 is 28.0 Å². The van der Waals surface area contributed by atoms with Crippen LogP contribution in [0.3, 0.4) is 0 Å². The Kier molecular flexibility index (Phi) is 4.60. The van der Waals surface area contributed by atoms with E-state index >= 15 is 0 Å². The summed E-state index contributed by atoms with van der Waals surface area (Å²) in [4.78, 5) is 12.3. The molecule has 3 aromatic rings. The van der Waals surface area contributed by atoms with E-state index in [2.05, 4.69) is 30.8 Å². The lowest BCUT2D eigenvalue weighted by Gasteiger charge is -2.09. The third-order valence-electron chi connectivity index (χ3n) is 4.51. The minimum Gasteiger partial charge on any atom is -0.371 e. The van der Waals surface area contributed by atoms with E-state index in [1.807, 2.05) is 13.8 Å². The Bertz CT molecular complexity index is 945. The maximum absolute atomic E-state index is 12.3. The Morgan fingerprint density at radius 2 is 2.27 bits per heavy atom. The first-order valence-electron chi connectivity index (χ1n) is 8.53. The summed E-state index contributed by atoms with van der Waals surface area (Å²) in [6, 6.07) is 0. The molecule has 0 radical (unpaired) electrons. The maximum atomic E-state index is 12.3. The van der Waals surface area contributed by atoms with Gasteiger partial charge in [0.2, 0.25) is 11.0 Å². The topological polar surface area (TPSA) is 107 Å². The Hall–Kier alpha value is -2.46. The summed E-state index contributed by atoms with van der Waals surface area (Å²) in [7, 11) is 0. The molecule has 1 amide bonds.